The van der Waals surface area contributed by atoms with Gasteiger partial charge in [-0.15, -0.1) is 0 Å². The molecule has 3 fully saturated rings. The Morgan fingerprint density at radius 1 is 1.00 bits per heavy atom. The van der Waals surface area contributed by atoms with Crippen molar-refractivity contribution in [2.24, 2.45) is 10.8 Å². The molecule has 3 aromatic rings. The minimum Gasteiger partial charge on any atom is -0.490 e. The van der Waals surface area contributed by atoms with E-state index < -0.39 is 24.1 Å². The highest BCUT2D eigenvalue weighted by Crippen LogP contribution is 2.55. The van der Waals surface area contributed by atoms with Crippen molar-refractivity contribution in [3.05, 3.63) is 87.7 Å². The summed E-state index contributed by atoms with van der Waals surface area (Å²) in [6.07, 6.45) is 4.95. The number of carbonyl (C=O) groups is 4. The van der Waals surface area contributed by atoms with E-state index in [1.807, 2.05) is 12.1 Å². The number of likely N-dealkylation sites (tertiary alicyclic amines) is 1. The number of unbranched alkanes of at least 4 members (excludes halogenated alkanes) is 1. The van der Waals surface area contributed by atoms with E-state index >= 15 is 0 Å². The Balaban J connectivity index is 0.820. The number of nitriles is 1. The van der Waals surface area contributed by atoms with Crippen LogP contribution in [0, 0.1) is 22.2 Å². The zero-order chi connectivity index (χ0) is 40.6. The molecule has 1 saturated carbocycles. The molecule has 4 amide bonds. The van der Waals surface area contributed by atoms with Crippen molar-refractivity contribution in [3.8, 4) is 17.6 Å². The summed E-state index contributed by atoms with van der Waals surface area (Å²) in [5, 5.41) is 26.0. The molecule has 3 N–H and O–H groups in total. The van der Waals surface area contributed by atoms with E-state index in [2.05, 4.69) is 54.3 Å². The van der Waals surface area contributed by atoms with Crippen LogP contribution in [-0.4, -0.2) is 87.4 Å². The van der Waals surface area contributed by atoms with Gasteiger partial charge < -0.3 is 24.8 Å². The SMILES string of the molecule is CC1(C)[C@H](NC(=O)c2ccc(CCCCN3CCC(Oc4ccc5c(c4)C(O)N(C4CCC(=O)NC4=O)C5=O)CC3)nc2)C(C)(C)[C@H]1Oc1ccc(C#N)c(Cl)c1. The first-order valence-electron chi connectivity index (χ1n) is 19.7. The Morgan fingerprint density at radius 3 is 2.39 bits per heavy atom. The summed E-state index contributed by atoms with van der Waals surface area (Å²) in [5.41, 5.74) is 1.85. The highest BCUT2D eigenvalue weighted by Gasteiger charge is 2.64. The van der Waals surface area contributed by atoms with Gasteiger partial charge >= 0.3 is 0 Å². The van der Waals surface area contributed by atoms with Crippen molar-refractivity contribution >= 4 is 35.2 Å². The van der Waals surface area contributed by atoms with Crippen LogP contribution in [0.1, 0.15) is 110 Å². The zero-order valence-corrected chi connectivity index (χ0v) is 33.5. The molecule has 14 heteroatoms. The molecule has 57 heavy (non-hydrogen) atoms. The summed E-state index contributed by atoms with van der Waals surface area (Å²) in [4.78, 5) is 58.6. The van der Waals surface area contributed by atoms with Crippen LogP contribution in [-0.2, 0) is 16.0 Å². The molecule has 4 heterocycles. The fraction of sp³-hybridized carbons (Fsp3) is 0.488. The number of aliphatic hydroxyl groups is 1. The molecule has 2 atom stereocenters. The van der Waals surface area contributed by atoms with Crippen LogP contribution in [0.3, 0.4) is 0 Å². The maximum absolute atomic E-state index is 13.3. The molecule has 0 radical (unpaired) electrons. The molecular formula is C43H49ClN6O7. The first-order valence-corrected chi connectivity index (χ1v) is 20.0. The van der Waals surface area contributed by atoms with Crippen molar-refractivity contribution in [1.29, 1.82) is 5.26 Å². The number of hydrogen-bond donors (Lipinski definition) is 3. The first-order chi connectivity index (χ1) is 27.2. The molecule has 3 aliphatic heterocycles. The largest absolute Gasteiger partial charge is 0.490 e. The Morgan fingerprint density at radius 2 is 1.72 bits per heavy atom. The lowest BCUT2D eigenvalue weighted by Gasteiger charge is -2.63. The molecule has 13 nitrogen and oxygen atoms in total. The monoisotopic (exact) mass is 796 g/mol. The Kier molecular flexibility index (Phi) is 11.3. The van der Waals surface area contributed by atoms with Gasteiger partial charge in [0.2, 0.25) is 11.8 Å². The molecule has 2 unspecified atom stereocenters. The number of aryl methyl sites for hydroxylation is 1. The van der Waals surface area contributed by atoms with Gasteiger partial charge in [0, 0.05) is 65.5 Å². The van der Waals surface area contributed by atoms with Crippen molar-refractivity contribution in [1.82, 2.24) is 25.4 Å². The second-order valence-corrected chi connectivity index (χ2v) is 17.2. The first kappa shape index (κ1) is 40.2. The van der Waals surface area contributed by atoms with Gasteiger partial charge in [-0.2, -0.15) is 5.26 Å². The van der Waals surface area contributed by atoms with E-state index in [0.717, 1.165) is 62.3 Å². The Bertz CT molecular complexity index is 2080. The third-order valence-corrected chi connectivity index (χ3v) is 12.4. The zero-order valence-electron chi connectivity index (χ0n) is 32.7. The van der Waals surface area contributed by atoms with E-state index in [1.165, 1.54) is 0 Å². The lowest BCUT2D eigenvalue weighted by molar-refractivity contribution is -0.164. The number of halogens is 1. The number of nitrogens with one attached hydrogen (secondary N) is 2. The normalized spacial score (nSPS) is 24.2. The third-order valence-electron chi connectivity index (χ3n) is 12.1. The number of fused-ring (bicyclic) bond motifs is 1. The van der Waals surface area contributed by atoms with Crippen LogP contribution in [0.4, 0.5) is 0 Å². The summed E-state index contributed by atoms with van der Waals surface area (Å²) >= 11 is 6.23. The molecule has 0 bridgehead atoms. The Hall–Kier alpha value is -5.03. The van der Waals surface area contributed by atoms with Gasteiger partial charge in [0.25, 0.3) is 11.8 Å². The van der Waals surface area contributed by atoms with E-state index in [1.54, 1.807) is 42.6 Å². The summed E-state index contributed by atoms with van der Waals surface area (Å²) in [6, 6.07) is 14.9. The van der Waals surface area contributed by atoms with Gasteiger partial charge in [-0.3, -0.25) is 34.4 Å². The number of aliphatic hydroxyl groups excluding tert-OH is 1. The van der Waals surface area contributed by atoms with Crippen LogP contribution in [0.2, 0.25) is 5.02 Å². The lowest BCUT2D eigenvalue weighted by atomic mass is 9.49. The minimum atomic E-state index is -1.29. The molecule has 2 aromatic carbocycles. The highest BCUT2D eigenvalue weighted by molar-refractivity contribution is 6.31. The van der Waals surface area contributed by atoms with Crippen molar-refractivity contribution in [3.63, 3.8) is 0 Å². The number of amides is 4. The quantitative estimate of drug-likeness (QED) is 0.161. The van der Waals surface area contributed by atoms with Crippen LogP contribution in [0.5, 0.6) is 11.5 Å². The smallest absolute Gasteiger partial charge is 0.257 e. The number of benzene rings is 2. The number of piperidine rings is 2. The van der Waals surface area contributed by atoms with Crippen molar-refractivity contribution in [2.45, 2.75) is 103 Å². The van der Waals surface area contributed by atoms with Crippen LogP contribution in [0.15, 0.2) is 54.7 Å². The second kappa shape index (κ2) is 16.1. The lowest BCUT2D eigenvalue weighted by Crippen LogP contribution is -2.74. The maximum atomic E-state index is 13.3. The summed E-state index contributed by atoms with van der Waals surface area (Å²) < 4.78 is 12.6. The number of pyridine rings is 1. The van der Waals surface area contributed by atoms with Gasteiger partial charge in [0.05, 0.1) is 16.1 Å². The average Bonchev–Trinajstić information content (AvgIpc) is 3.43. The number of carbonyl (C=O) groups excluding carboxylic acids is 4. The molecule has 4 aliphatic rings. The van der Waals surface area contributed by atoms with Crippen LogP contribution in [0.25, 0.3) is 0 Å². The maximum Gasteiger partial charge on any atom is 0.257 e. The number of aromatic nitrogens is 1. The van der Waals surface area contributed by atoms with Gasteiger partial charge in [-0.05, 0) is 87.5 Å². The van der Waals surface area contributed by atoms with Gasteiger partial charge in [-0.25, -0.2) is 0 Å². The average molecular weight is 797 g/mol. The molecular weight excluding hydrogens is 748 g/mol. The number of rotatable bonds is 12. The third kappa shape index (κ3) is 8.08. The predicted molar refractivity (Wildman–Crippen MR) is 210 cm³/mol. The van der Waals surface area contributed by atoms with Gasteiger partial charge in [0.1, 0.15) is 35.8 Å². The van der Waals surface area contributed by atoms with Gasteiger partial charge in [-0.1, -0.05) is 39.3 Å². The molecule has 1 aliphatic carbocycles. The summed E-state index contributed by atoms with van der Waals surface area (Å²) in [5.74, 6) is -0.403. The van der Waals surface area contributed by atoms with E-state index in [9.17, 15) is 29.5 Å². The number of ether oxygens (including phenoxy) is 2. The summed E-state index contributed by atoms with van der Waals surface area (Å²) in [7, 11) is 0. The molecule has 1 aromatic heterocycles. The van der Waals surface area contributed by atoms with E-state index in [0.29, 0.717) is 38.8 Å². The topological polar surface area (TPSA) is 174 Å². The predicted octanol–water partition coefficient (Wildman–Crippen LogP) is 5.34. The van der Waals surface area contributed by atoms with Crippen molar-refractivity contribution in [2.75, 3.05) is 19.6 Å². The fourth-order valence-electron chi connectivity index (χ4n) is 9.28. The second-order valence-electron chi connectivity index (χ2n) is 16.8. The van der Waals surface area contributed by atoms with Crippen LogP contribution < -0.4 is 20.1 Å². The fourth-order valence-corrected chi connectivity index (χ4v) is 9.50. The molecule has 0 spiro atoms. The standard InChI is InChI=1S/C43H49ClN6O7/c1-42(2)40(43(3,4)41(42)57-30-11-9-25(23-45)33(44)22-30)48-36(52)26-8-10-27(46-24-26)7-5-6-18-49-19-16-28(17-20-49)56-29-12-13-31-32(21-29)39(55)50(38(31)54)34-14-15-35(51)47-37(34)53/h8-13,21-22,24,28,34,39-41,55H,5-7,14-20H2,1-4H3,(H,48,52)(H,47,51,53)/t34?,39?,40-,41-. The highest BCUT2D eigenvalue weighted by atomic mass is 35.5. The van der Waals surface area contributed by atoms with Crippen molar-refractivity contribution < 1.29 is 33.8 Å². The van der Waals surface area contributed by atoms with Gasteiger partial charge in [0.15, 0.2) is 6.23 Å². The molecule has 2 saturated heterocycles. The number of imide groups is 1. The molecule has 7 rings (SSSR count). The number of nitrogens with zero attached hydrogens (tertiary/aromatic N) is 4. The molecule has 300 valence electrons. The number of hydrogen-bond acceptors (Lipinski definition) is 10. The van der Waals surface area contributed by atoms with E-state index in [4.69, 9.17) is 21.1 Å². The summed E-state index contributed by atoms with van der Waals surface area (Å²) in [6.45, 7) is 11.1. The minimum absolute atomic E-state index is 0.00409. The van der Waals surface area contributed by atoms with Crippen LogP contribution >= 0.6 is 11.6 Å². The van der Waals surface area contributed by atoms with E-state index in [-0.39, 0.29) is 53.7 Å². The Labute approximate surface area is 337 Å².